The summed E-state index contributed by atoms with van der Waals surface area (Å²) in [7, 11) is 0. The van der Waals surface area contributed by atoms with Crippen molar-refractivity contribution >= 4 is 39.4 Å². The third-order valence-electron chi connectivity index (χ3n) is 2.91. The highest BCUT2D eigenvalue weighted by Crippen LogP contribution is 2.28. The highest BCUT2D eigenvalue weighted by Gasteiger charge is 2.21. The summed E-state index contributed by atoms with van der Waals surface area (Å²) >= 11 is 9.13. The lowest BCUT2D eigenvalue weighted by Gasteiger charge is -2.27. The summed E-state index contributed by atoms with van der Waals surface area (Å²) in [5.41, 5.74) is 0. The lowest BCUT2D eigenvalue weighted by atomic mass is 10.2. The maximum absolute atomic E-state index is 12.1. The molecule has 1 unspecified atom stereocenters. The topological polar surface area (TPSA) is 66.8 Å². The van der Waals surface area contributed by atoms with E-state index in [1.807, 2.05) is 0 Å². The molecule has 1 atom stereocenters. The minimum Gasteiger partial charge on any atom is -0.483 e. The van der Waals surface area contributed by atoms with Gasteiger partial charge in [0.15, 0.2) is 6.61 Å². The SMILES string of the molecule is CCN(C(=O)COc1ccc(Cl)cc1Br)C(C)CC(=O)O. The van der Waals surface area contributed by atoms with Crippen molar-refractivity contribution in [1.29, 1.82) is 0 Å². The summed E-state index contributed by atoms with van der Waals surface area (Å²) in [5.74, 6) is -0.682. The van der Waals surface area contributed by atoms with Crippen LogP contribution >= 0.6 is 27.5 Å². The predicted molar refractivity (Wildman–Crippen MR) is 83.7 cm³/mol. The van der Waals surface area contributed by atoms with Crippen LogP contribution in [0.5, 0.6) is 5.75 Å². The highest BCUT2D eigenvalue weighted by molar-refractivity contribution is 9.10. The Morgan fingerprint density at radius 2 is 2.14 bits per heavy atom. The molecule has 0 radical (unpaired) electrons. The van der Waals surface area contributed by atoms with Crippen molar-refractivity contribution in [2.24, 2.45) is 0 Å². The Hall–Kier alpha value is -1.27. The number of carboxylic acid groups (broad SMARTS) is 1. The van der Waals surface area contributed by atoms with Gasteiger partial charge < -0.3 is 14.7 Å². The van der Waals surface area contributed by atoms with Crippen LogP contribution in [-0.4, -0.2) is 41.1 Å². The zero-order valence-corrected chi connectivity index (χ0v) is 14.1. The second-order valence-corrected chi connectivity index (χ2v) is 5.78. The molecule has 0 aromatic heterocycles. The van der Waals surface area contributed by atoms with Gasteiger partial charge in [0.05, 0.1) is 10.9 Å². The monoisotopic (exact) mass is 377 g/mol. The first-order chi connectivity index (χ1) is 9.85. The number of hydrogen-bond acceptors (Lipinski definition) is 3. The summed E-state index contributed by atoms with van der Waals surface area (Å²) in [6.45, 7) is 3.78. The molecule has 0 bridgehead atoms. The molecule has 0 aliphatic heterocycles. The molecule has 0 spiro atoms. The molecular formula is C14H17BrClNO4. The van der Waals surface area contributed by atoms with Gasteiger partial charge in [-0.05, 0) is 48.0 Å². The average molecular weight is 379 g/mol. The Kier molecular flexibility index (Phi) is 6.98. The van der Waals surface area contributed by atoms with Crippen molar-refractivity contribution in [3.8, 4) is 5.75 Å². The molecule has 1 rings (SSSR count). The smallest absolute Gasteiger partial charge is 0.305 e. The number of rotatable bonds is 7. The van der Waals surface area contributed by atoms with Gasteiger partial charge in [-0.25, -0.2) is 0 Å². The van der Waals surface area contributed by atoms with Crippen molar-refractivity contribution in [2.75, 3.05) is 13.2 Å². The first-order valence-corrected chi connectivity index (χ1v) is 7.61. The van der Waals surface area contributed by atoms with E-state index >= 15 is 0 Å². The number of benzene rings is 1. The molecule has 0 saturated carbocycles. The standard InChI is InChI=1S/C14H17BrClNO4/c1-3-17(9(2)6-14(19)20)13(18)8-21-12-5-4-10(16)7-11(12)15/h4-5,7,9H,3,6,8H2,1-2H3,(H,19,20). The molecule has 0 aliphatic rings. The summed E-state index contributed by atoms with van der Waals surface area (Å²) in [6, 6.07) is 4.62. The second-order valence-electron chi connectivity index (χ2n) is 4.49. The van der Waals surface area contributed by atoms with Gasteiger partial charge in [0.1, 0.15) is 5.75 Å². The van der Waals surface area contributed by atoms with E-state index < -0.39 is 5.97 Å². The zero-order valence-electron chi connectivity index (χ0n) is 11.8. The Morgan fingerprint density at radius 3 is 2.67 bits per heavy atom. The zero-order chi connectivity index (χ0) is 16.0. The highest BCUT2D eigenvalue weighted by atomic mass is 79.9. The molecule has 0 fully saturated rings. The third kappa shape index (κ3) is 5.55. The number of carboxylic acids is 1. The van der Waals surface area contributed by atoms with E-state index in [9.17, 15) is 9.59 Å². The van der Waals surface area contributed by atoms with Crippen molar-refractivity contribution in [3.05, 3.63) is 27.7 Å². The molecule has 1 N–H and O–H groups in total. The van der Waals surface area contributed by atoms with Gasteiger partial charge in [-0.2, -0.15) is 0 Å². The van der Waals surface area contributed by atoms with Gasteiger partial charge in [-0.1, -0.05) is 11.6 Å². The number of nitrogens with zero attached hydrogens (tertiary/aromatic N) is 1. The Morgan fingerprint density at radius 1 is 1.48 bits per heavy atom. The van der Waals surface area contributed by atoms with Crippen molar-refractivity contribution in [2.45, 2.75) is 26.3 Å². The second kappa shape index (κ2) is 8.24. The van der Waals surface area contributed by atoms with Gasteiger partial charge >= 0.3 is 5.97 Å². The fourth-order valence-electron chi connectivity index (χ4n) is 1.91. The number of halogens is 2. The van der Waals surface area contributed by atoms with Gasteiger partial charge in [-0.3, -0.25) is 9.59 Å². The van der Waals surface area contributed by atoms with Crippen molar-refractivity contribution in [1.82, 2.24) is 4.90 Å². The number of hydrogen-bond donors (Lipinski definition) is 1. The molecular weight excluding hydrogens is 362 g/mol. The van der Waals surface area contributed by atoms with Crippen LogP contribution in [0.25, 0.3) is 0 Å². The van der Waals surface area contributed by atoms with Crippen molar-refractivity contribution < 1.29 is 19.4 Å². The number of amides is 1. The molecule has 0 aliphatic carbocycles. The van der Waals surface area contributed by atoms with E-state index in [2.05, 4.69) is 15.9 Å². The van der Waals surface area contributed by atoms with Crippen LogP contribution in [0, 0.1) is 0 Å². The fraction of sp³-hybridized carbons (Fsp3) is 0.429. The number of carbonyl (C=O) groups excluding carboxylic acids is 1. The molecule has 7 heteroatoms. The minimum absolute atomic E-state index is 0.0930. The summed E-state index contributed by atoms with van der Waals surface area (Å²) in [4.78, 5) is 24.3. The molecule has 116 valence electrons. The largest absolute Gasteiger partial charge is 0.483 e. The minimum atomic E-state index is -0.935. The molecule has 1 amide bonds. The van der Waals surface area contributed by atoms with Gasteiger partial charge in [0, 0.05) is 17.6 Å². The van der Waals surface area contributed by atoms with Crippen LogP contribution in [0.1, 0.15) is 20.3 Å². The Balaban J connectivity index is 2.64. The van der Waals surface area contributed by atoms with Crippen molar-refractivity contribution in [3.63, 3.8) is 0 Å². The normalized spacial score (nSPS) is 11.8. The van der Waals surface area contributed by atoms with Crippen LogP contribution in [0.4, 0.5) is 0 Å². The van der Waals surface area contributed by atoms with Gasteiger partial charge in [0.2, 0.25) is 0 Å². The number of carbonyl (C=O) groups is 2. The van der Waals surface area contributed by atoms with Crippen LogP contribution in [0.2, 0.25) is 5.02 Å². The van der Waals surface area contributed by atoms with Gasteiger partial charge in [-0.15, -0.1) is 0 Å². The van der Waals surface area contributed by atoms with E-state index in [0.717, 1.165) is 0 Å². The molecule has 1 aromatic rings. The summed E-state index contributed by atoms with van der Waals surface area (Å²) in [5, 5.41) is 9.35. The summed E-state index contributed by atoms with van der Waals surface area (Å²) < 4.78 is 6.10. The van der Waals surface area contributed by atoms with Crippen LogP contribution in [0.3, 0.4) is 0 Å². The maximum Gasteiger partial charge on any atom is 0.305 e. The molecule has 0 saturated heterocycles. The third-order valence-corrected chi connectivity index (χ3v) is 3.76. The van der Waals surface area contributed by atoms with E-state index in [-0.39, 0.29) is 25.0 Å². The first kappa shape index (κ1) is 17.8. The summed E-state index contributed by atoms with van der Waals surface area (Å²) in [6.07, 6.45) is -0.0930. The predicted octanol–water partition coefficient (Wildman–Crippen LogP) is 3.19. The lowest BCUT2D eigenvalue weighted by molar-refractivity contribution is -0.141. The number of aliphatic carboxylic acids is 1. The molecule has 21 heavy (non-hydrogen) atoms. The Labute approximate surface area is 137 Å². The van der Waals surface area contributed by atoms with E-state index in [4.69, 9.17) is 21.4 Å². The number of ether oxygens (including phenoxy) is 1. The molecule has 1 aromatic carbocycles. The maximum atomic E-state index is 12.1. The van der Waals surface area contributed by atoms with E-state index in [1.54, 1.807) is 32.0 Å². The van der Waals surface area contributed by atoms with E-state index in [1.165, 1.54) is 4.90 Å². The average Bonchev–Trinajstić information content (AvgIpc) is 2.37. The Bertz CT molecular complexity index is 524. The van der Waals surface area contributed by atoms with Crippen LogP contribution < -0.4 is 4.74 Å². The van der Waals surface area contributed by atoms with Crippen LogP contribution in [0.15, 0.2) is 22.7 Å². The fourth-order valence-corrected chi connectivity index (χ4v) is 2.71. The molecule has 5 nitrogen and oxygen atoms in total. The first-order valence-electron chi connectivity index (χ1n) is 6.44. The van der Waals surface area contributed by atoms with Crippen LogP contribution in [-0.2, 0) is 9.59 Å². The quantitative estimate of drug-likeness (QED) is 0.791. The number of likely N-dealkylation sites (N-methyl/N-ethyl adjacent to an activating group) is 1. The lowest BCUT2D eigenvalue weighted by Crippen LogP contribution is -2.42. The van der Waals surface area contributed by atoms with Gasteiger partial charge in [0.25, 0.3) is 5.91 Å². The molecule has 0 heterocycles. The van der Waals surface area contributed by atoms with E-state index in [0.29, 0.717) is 21.8 Å².